The molecule has 0 unspecified atom stereocenters. The number of carbonyl (C=O) groups excluding carboxylic acids is 2. The summed E-state index contributed by atoms with van der Waals surface area (Å²) in [7, 11) is 0. The molecule has 1 aliphatic heterocycles. The lowest BCUT2D eigenvalue weighted by molar-refractivity contribution is -0.126. The Kier molecular flexibility index (Phi) is 6.34. The van der Waals surface area contributed by atoms with Gasteiger partial charge in [0.15, 0.2) is 0 Å². The predicted molar refractivity (Wildman–Crippen MR) is 110 cm³/mol. The molecule has 1 heterocycles. The van der Waals surface area contributed by atoms with Gasteiger partial charge < -0.3 is 10.1 Å². The van der Waals surface area contributed by atoms with Crippen LogP contribution in [0, 0.1) is 0 Å². The van der Waals surface area contributed by atoms with Gasteiger partial charge in [0, 0.05) is 18.7 Å². The molecule has 0 radical (unpaired) electrons. The fraction of sp³-hybridized carbons (Fsp3) is 0.391. The van der Waals surface area contributed by atoms with Gasteiger partial charge >= 0.3 is 0 Å². The molecule has 2 aromatic rings. The summed E-state index contributed by atoms with van der Waals surface area (Å²) in [5.41, 5.74) is 2.95. The molecule has 0 saturated carbocycles. The van der Waals surface area contributed by atoms with E-state index in [1.807, 2.05) is 62.4 Å². The number of aryl methyl sites for hydroxylation is 1. The first-order valence-corrected chi connectivity index (χ1v) is 9.89. The van der Waals surface area contributed by atoms with Crippen LogP contribution in [-0.2, 0) is 22.6 Å². The molecule has 1 N–H and O–H groups in total. The summed E-state index contributed by atoms with van der Waals surface area (Å²) in [4.78, 5) is 27.1. The van der Waals surface area contributed by atoms with Gasteiger partial charge in [-0.3, -0.25) is 14.5 Å². The van der Waals surface area contributed by atoms with Gasteiger partial charge in [-0.2, -0.15) is 0 Å². The second-order valence-electron chi connectivity index (χ2n) is 7.45. The number of anilines is 1. The zero-order valence-electron chi connectivity index (χ0n) is 16.8. The molecule has 5 nitrogen and oxygen atoms in total. The minimum Gasteiger partial charge on any atom is -0.491 e. The van der Waals surface area contributed by atoms with Gasteiger partial charge in [-0.15, -0.1) is 0 Å². The molecule has 0 fully saturated rings. The third-order valence-corrected chi connectivity index (χ3v) is 4.89. The number of nitrogens with zero attached hydrogens (tertiary/aromatic N) is 1. The van der Waals surface area contributed by atoms with Gasteiger partial charge in [0.25, 0.3) is 0 Å². The van der Waals surface area contributed by atoms with Crippen LogP contribution in [0.15, 0.2) is 48.5 Å². The number of amides is 2. The lowest BCUT2D eigenvalue weighted by atomic mass is 10.1. The summed E-state index contributed by atoms with van der Waals surface area (Å²) in [6.45, 7) is 6.17. The maximum Gasteiger partial charge on any atom is 0.243 e. The first kappa shape index (κ1) is 19.9. The van der Waals surface area contributed by atoms with Crippen LogP contribution in [0.25, 0.3) is 0 Å². The number of nitrogens with one attached hydrogen (secondary N) is 1. The summed E-state index contributed by atoms with van der Waals surface area (Å²) < 4.78 is 5.64. The quantitative estimate of drug-likeness (QED) is 0.828. The summed E-state index contributed by atoms with van der Waals surface area (Å²) >= 11 is 0. The van der Waals surface area contributed by atoms with Crippen molar-refractivity contribution >= 4 is 17.5 Å². The van der Waals surface area contributed by atoms with Gasteiger partial charge in [0.1, 0.15) is 11.8 Å². The van der Waals surface area contributed by atoms with Crippen molar-refractivity contribution in [3.8, 4) is 5.75 Å². The average molecular weight is 380 g/mol. The summed E-state index contributed by atoms with van der Waals surface area (Å²) in [5, 5.41) is 2.95. The van der Waals surface area contributed by atoms with Gasteiger partial charge in [0.05, 0.1) is 6.10 Å². The van der Waals surface area contributed by atoms with E-state index >= 15 is 0 Å². The average Bonchev–Trinajstić information content (AvgIpc) is 2.84. The van der Waals surface area contributed by atoms with Crippen molar-refractivity contribution in [2.75, 3.05) is 4.90 Å². The van der Waals surface area contributed by atoms with E-state index in [0.29, 0.717) is 13.0 Å². The number of para-hydroxylation sites is 1. The molecule has 2 aromatic carbocycles. The highest BCUT2D eigenvalue weighted by molar-refractivity contribution is 6.01. The predicted octanol–water partition coefficient (Wildman–Crippen LogP) is 3.85. The van der Waals surface area contributed by atoms with E-state index in [1.165, 1.54) is 0 Å². The van der Waals surface area contributed by atoms with Crippen LogP contribution >= 0.6 is 0 Å². The normalized spacial score (nSPS) is 15.0. The third-order valence-electron chi connectivity index (χ3n) is 4.89. The largest absolute Gasteiger partial charge is 0.491 e. The lowest BCUT2D eigenvalue weighted by Crippen LogP contribution is -2.48. The zero-order chi connectivity index (χ0) is 20.1. The zero-order valence-corrected chi connectivity index (χ0v) is 16.8. The number of hydrogen-bond acceptors (Lipinski definition) is 3. The number of carbonyl (C=O) groups is 2. The molecular weight excluding hydrogens is 352 g/mol. The Labute approximate surface area is 166 Å². The van der Waals surface area contributed by atoms with Crippen LogP contribution in [0.5, 0.6) is 5.75 Å². The van der Waals surface area contributed by atoms with E-state index in [0.717, 1.165) is 35.4 Å². The Hall–Kier alpha value is -2.82. The molecule has 0 saturated heterocycles. The maximum absolute atomic E-state index is 12.8. The molecule has 2 amide bonds. The second-order valence-corrected chi connectivity index (χ2v) is 7.45. The Bertz CT molecular complexity index is 830. The standard InChI is InChI=1S/C23H28N2O3/c1-16(2)28-20-13-11-18(12-14-20)15-24-23(27)17(3)25-21-9-5-4-7-19(21)8-6-10-22(25)26/h4-5,7,9,11-14,16-17H,6,8,10,15H2,1-3H3,(H,24,27)/t17-/m0/s1. The van der Waals surface area contributed by atoms with E-state index < -0.39 is 6.04 Å². The van der Waals surface area contributed by atoms with E-state index in [2.05, 4.69) is 5.32 Å². The summed E-state index contributed by atoms with van der Waals surface area (Å²) in [6.07, 6.45) is 2.26. The van der Waals surface area contributed by atoms with E-state index in [-0.39, 0.29) is 17.9 Å². The first-order valence-electron chi connectivity index (χ1n) is 9.89. The Morgan fingerprint density at radius 2 is 1.79 bits per heavy atom. The van der Waals surface area contributed by atoms with E-state index in [9.17, 15) is 9.59 Å². The van der Waals surface area contributed by atoms with Crippen LogP contribution in [-0.4, -0.2) is 24.0 Å². The molecule has 148 valence electrons. The Morgan fingerprint density at radius 3 is 2.50 bits per heavy atom. The van der Waals surface area contributed by atoms with Crippen molar-refractivity contribution in [1.82, 2.24) is 5.32 Å². The van der Waals surface area contributed by atoms with Crippen molar-refractivity contribution in [3.63, 3.8) is 0 Å². The topological polar surface area (TPSA) is 58.6 Å². The Balaban J connectivity index is 1.66. The number of fused-ring (bicyclic) bond motifs is 1. The second kappa shape index (κ2) is 8.91. The number of hydrogen-bond donors (Lipinski definition) is 1. The Morgan fingerprint density at radius 1 is 1.07 bits per heavy atom. The number of rotatable bonds is 6. The van der Waals surface area contributed by atoms with E-state index in [4.69, 9.17) is 4.74 Å². The van der Waals surface area contributed by atoms with Crippen LogP contribution in [0.3, 0.4) is 0 Å². The van der Waals surface area contributed by atoms with Crippen LogP contribution in [0.2, 0.25) is 0 Å². The van der Waals surface area contributed by atoms with Crippen molar-refractivity contribution < 1.29 is 14.3 Å². The SMILES string of the molecule is CC(C)Oc1ccc(CNC(=O)[C@H](C)N2C(=O)CCCc3ccccc32)cc1. The fourth-order valence-electron chi connectivity index (χ4n) is 3.48. The molecule has 28 heavy (non-hydrogen) atoms. The highest BCUT2D eigenvalue weighted by atomic mass is 16.5. The van der Waals surface area contributed by atoms with E-state index in [1.54, 1.807) is 11.8 Å². The fourth-order valence-corrected chi connectivity index (χ4v) is 3.48. The summed E-state index contributed by atoms with van der Waals surface area (Å²) in [5.74, 6) is 0.653. The number of ether oxygens (including phenoxy) is 1. The highest BCUT2D eigenvalue weighted by Gasteiger charge is 2.30. The molecule has 0 aliphatic carbocycles. The third kappa shape index (κ3) is 4.71. The summed E-state index contributed by atoms with van der Waals surface area (Å²) in [6, 6.07) is 15.0. The van der Waals surface area contributed by atoms with Crippen molar-refractivity contribution in [1.29, 1.82) is 0 Å². The van der Waals surface area contributed by atoms with Crippen LogP contribution < -0.4 is 15.0 Å². The van der Waals surface area contributed by atoms with Crippen molar-refractivity contribution in [2.24, 2.45) is 0 Å². The molecule has 1 atom stereocenters. The molecule has 5 heteroatoms. The molecule has 0 bridgehead atoms. The van der Waals surface area contributed by atoms with Gasteiger partial charge in [-0.1, -0.05) is 30.3 Å². The van der Waals surface area contributed by atoms with Crippen molar-refractivity contribution in [2.45, 2.75) is 58.7 Å². The molecule has 3 rings (SSSR count). The van der Waals surface area contributed by atoms with Gasteiger partial charge in [0.2, 0.25) is 11.8 Å². The van der Waals surface area contributed by atoms with Crippen LogP contribution in [0.1, 0.15) is 44.7 Å². The van der Waals surface area contributed by atoms with Crippen LogP contribution in [0.4, 0.5) is 5.69 Å². The van der Waals surface area contributed by atoms with Gasteiger partial charge in [-0.05, 0) is 62.9 Å². The molecular formula is C23H28N2O3. The molecule has 0 spiro atoms. The van der Waals surface area contributed by atoms with Crippen molar-refractivity contribution in [3.05, 3.63) is 59.7 Å². The molecule has 1 aliphatic rings. The van der Waals surface area contributed by atoms with Gasteiger partial charge in [-0.25, -0.2) is 0 Å². The lowest BCUT2D eigenvalue weighted by Gasteiger charge is -2.28. The maximum atomic E-state index is 12.8. The number of benzene rings is 2. The smallest absolute Gasteiger partial charge is 0.243 e. The molecule has 0 aromatic heterocycles. The minimum atomic E-state index is -0.560. The first-order chi connectivity index (χ1) is 13.5. The minimum absolute atomic E-state index is 0.00258. The monoisotopic (exact) mass is 380 g/mol. The highest BCUT2D eigenvalue weighted by Crippen LogP contribution is 2.28.